The number of amides is 1. The number of ether oxygens (including phenoxy) is 1. The number of rotatable bonds is 2. The highest BCUT2D eigenvalue weighted by Crippen LogP contribution is 2.47. The van der Waals surface area contributed by atoms with Gasteiger partial charge in [-0.1, -0.05) is 0 Å². The summed E-state index contributed by atoms with van der Waals surface area (Å²) >= 11 is 1.69. The molecule has 1 amide bonds. The Kier molecular flexibility index (Phi) is 2.90. The Hall–Kier alpha value is -0.710. The topological polar surface area (TPSA) is 46.6 Å². The minimum Gasteiger partial charge on any atom is -0.461 e. The van der Waals surface area contributed by atoms with Gasteiger partial charge in [-0.3, -0.25) is 4.79 Å². The van der Waals surface area contributed by atoms with E-state index in [1.165, 1.54) is 0 Å². The van der Waals surface area contributed by atoms with Crippen molar-refractivity contribution in [3.8, 4) is 0 Å². The van der Waals surface area contributed by atoms with E-state index in [1.54, 1.807) is 16.7 Å². The number of fused-ring (bicyclic) bond motifs is 1. The predicted octanol–water partition coefficient (Wildman–Crippen LogP) is 1.39. The molecule has 2 saturated heterocycles. The minimum absolute atomic E-state index is 0.0817. The molecule has 0 saturated carbocycles. The summed E-state index contributed by atoms with van der Waals surface area (Å²) in [7, 11) is 0. The molecule has 2 heterocycles. The van der Waals surface area contributed by atoms with E-state index in [1.807, 2.05) is 20.8 Å². The van der Waals surface area contributed by atoms with Crippen molar-refractivity contribution in [3.63, 3.8) is 0 Å². The van der Waals surface area contributed by atoms with Gasteiger partial charge in [-0.05, 0) is 27.2 Å². The minimum atomic E-state index is -0.382. The Morgan fingerprint density at radius 2 is 2.31 bits per heavy atom. The van der Waals surface area contributed by atoms with Crippen molar-refractivity contribution in [1.82, 2.24) is 4.90 Å². The van der Waals surface area contributed by atoms with Crippen LogP contribution in [0.15, 0.2) is 0 Å². The van der Waals surface area contributed by atoms with E-state index in [2.05, 4.69) is 0 Å². The molecule has 0 aromatic carbocycles. The SMILES string of the molecule is CC(C)OC(=O)[C@H]1CS[C@]2(C)CCC(=O)N12. The summed E-state index contributed by atoms with van der Waals surface area (Å²) in [5.41, 5.74) is 0. The molecule has 0 radical (unpaired) electrons. The lowest BCUT2D eigenvalue weighted by atomic mass is 10.2. The maximum atomic E-state index is 11.9. The third-order valence-electron chi connectivity index (χ3n) is 3.07. The van der Waals surface area contributed by atoms with Gasteiger partial charge in [0.25, 0.3) is 0 Å². The largest absolute Gasteiger partial charge is 0.461 e. The molecule has 2 rings (SSSR count). The lowest BCUT2D eigenvalue weighted by Gasteiger charge is -2.29. The molecule has 90 valence electrons. The summed E-state index contributed by atoms with van der Waals surface area (Å²) < 4.78 is 5.19. The summed E-state index contributed by atoms with van der Waals surface area (Å²) in [6.07, 6.45) is 1.26. The summed E-state index contributed by atoms with van der Waals surface area (Å²) in [6.45, 7) is 5.68. The van der Waals surface area contributed by atoms with E-state index in [0.29, 0.717) is 12.2 Å². The van der Waals surface area contributed by atoms with Crippen LogP contribution in [0.2, 0.25) is 0 Å². The van der Waals surface area contributed by atoms with Crippen molar-refractivity contribution in [3.05, 3.63) is 0 Å². The Labute approximate surface area is 99.7 Å². The molecular weight excluding hydrogens is 226 g/mol. The first kappa shape index (κ1) is 11.8. The molecule has 4 nitrogen and oxygen atoms in total. The third-order valence-corrected chi connectivity index (χ3v) is 4.57. The van der Waals surface area contributed by atoms with Crippen LogP contribution < -0.4 is 0 Å². The van der Waals surface area contributed by atoms with Gasteiger partial charge in [0.15, 0.2) is 0 Å². The van der Waals surface area contributed by atoms with Gasteiger partial charge in [-0.25, -0.2) is 4.79 Å². The average molecular weight is 243 g/mol. The molecule has 2 aliphatic rings. The Morgan fingerprint density at radius 1 is 1.62 bits per heavy atom. The van der Waals surface area contributed by atoms with Crippen LogP contribution in [-0.4, -0.2) is 39.5 Å². The smallest absolute Gasteiger partial charge is 0.330 e. The second-order valence-corrected chi connectivity index (χ2v) is 6.25. The van der Waals surface area contributed by atoms with Crippen molar-refractivity contribution < 1.29 is 14.3 Å². The van der Waals surface area contributed by atoms with Gasteiger partial charge >= 0.3 is 5.97 Å². The average Bonchev–Trinajstić information content (AvgIpc) is 2.64. The van der Waals surface area contributed by atoms with Crippen LogP contribution in [0.4, 0.5) is 0 Å². The molecule has 5 heteroatoms. The fourth-order valence-corrected chi connectivity index (χ4v) is 3.72. The second kappa shape index (κ2) is 3.95. The number of nitrogens with zero attached hydrogens (tertiary/aromatic N) is 1. The highest BCUT2D eigenvalue weighted by atomic mass is 32.2. The standard InChI is InChI=1S/C11H17NO3S/c1-7(2)15-10(14)8-6-16-11(3)5-4-9(13)12(8)11/h7-8H,4-6H2,1-3H3/t8-,11-/m1/s1. The van der Waals surface area contributed by atoms with Crippen molar-refractivity contribution in [2.75, 3.05) is 5.75 Å². The number of hydrogen-bond acceptors (Lipinski definition) is 4. The quantitative estimate of drug-likeness (QED) is 0.688. The predicted molar refractivity (Wildman–Crippen MR) is 62.0 cm³/mol. The second-order valence-electron chi connectivity index (χ2n) is 4.75. The normalized spacial score (nSPS) is 33.4. The van der Waals surface area contributed by atoms with Crippen LogP contribution in [0.5, 0.6) is 0 Å². The Balaban J connectivity index is 2.13. The maximum Gasteiger partial charge on any atom is 0.330 e. The van der Waals surface area contributed by atoms with E-state index in [9.17, 15) is 9.59 Å². The number of thioether (sulfide) groups is 1. The molecule has 2 atom stereocenters. The molecule has 0 bridgehead atoms. The van der Waals surface area contributed by atoms with Gasteiger partial charge in [0.05, 0.1) is 11.0 Å². The lowest BCUT2D eigenvalue weighted by molar-refractivity contribution is -0.156. The molecule has 0 aliphatic carbocycles. The van der Waals surface area contributed by atoms with Gasteiger partial charge in [-0.15, -0.1) is 11.8 Å². The van der Waals surface area contributed by atoms with E-state index in [-0.39, 0.29) is 28.9 Å². The molecule has 0 N–H and O–H groups in total. The zero-order valence-corrected chi connectivity index (χ0v) is 10.7. The summed E-state index contributed by atoms with van der Waals surface area (Å²) in [4.78, 5) is 25.2. The van der Waals surface area contributed by atoms with Gasteiger partial charge in [0.2, 0.25) is 5.91 Å². The van der Waals surface area contributed by atoms with E-state index in [0.717, 1.165) is 6.42 Å². The summed E-state index contributed by atoms with van der Waals surface area (Å²) in [5, 5.41) is 0. The monoisotopic (exact) mass is 243 g/mol. The maximum absolute atomic E-state index is 11.9. The molecule has 0 unspecified atom stereocenters. The molecular formula is C11H17NO3S. The van der Waals surface area contributed by atoms with Crippen LogP contribution >= 0.6 is 11.8 Å². The first-order valence-electron chi connectivity index (χ1n) is 5.61. The number of esters is 1. The summed E-state index contributed by atoms with van der Waals surface area (Å²) in [6, 6.07) is -0.382. The van der Waals surface area contributed by atoms with E-state index < -0.39 is 0 Å². The molecule has 2 aliphatic heterocycles. The summed E-state index contributed by atoms with van der Waals surface area (Å²) in [5.74, 6) is 0.480. The highest BCUT2D eigenvalue weighted by Gasteiger charge is 2.53. The Bertz CT molecular complexity index is 331. The van der Waals surface area contributed by atoms with Crippen molar-refractivity contribution in [1.29, 1.82) is 0 Å². The highest BCUT2D eigenvalue weighted by molar-refractivity contribution is 8.01. The third kappa shape index (κ3) is 1.81. The molecule has 16 heavy (non-hydrogen) atoms. The van der Waals surface area contributed by atoms with Crippen molar-refractivity contribution in [2.45, 2.75) is 50.6 Å². The van der Waals surface area contributed by atoms with Gasteiger partial charge in [0.1, 0.15) is 6.04 Å². The van der Waals surface area contributed by atoms with Crippen molar-refractivity contribution >= 4 is 23.6 Å². The van der Waals surface area contributed by atoms with Crippen LogP contribution in [0.25, 0.3) is 0 Å². The molecule has 2 fully saturated rings. The molecule has 0 aromatic heterocycles. The van der Waals surface area contributed by atoms with Crippen LogP contribution in [0, 0.1) is 0 Å². The number of hydrogen-bond donors (Lipinski definition) is 0. The Morgan fingerprint density at radius 3 is 2.94 bits per heavy atom. The van der Waals surface area contributed by atoms with E-state index >= 15 is 0 Å². The van der Waals surface area contributed by atoms with Gasteiger partial charge < -0.3 is 9.64 Å². The fraction of sp³-hybridized carbons (Fsp3) is 0.818. The molecule has 0 aromatic rings. The zero-order valence-electron chi connectivity index (χ0n) is 9.86. The van der Waals surface area contributed by atoms with Crippen LogP contribution in [0.1, 0.15) is 33.6 Å². The van der Waals surface area contributed by atoms with Crippen molar-refractivity contribution in [2.24, 2.45) is 0 Å². The lowest BCUT2D eigenvalue weighted by Crippen LogP contribution is -2.47. The first-order chi connectivity index (χ1) is 7.44. The van der Waals surface area contributed by atoms with E-state index in [4.69, 9.17) is 4.74 Å². The fourth-order valence-electron chi connectivity index (χ4n) is 2.31. The number of carbonyl (C=O) groups excluding carboxylic acids is 2. The van der Waals surface area contributed by atoms with Gasteiger partial charge in [-0.2, -0.15) is 0 Å². The first-order valence-corrected chi connectivity index (χ1v) is 6.59. The number of carbonyl (C=O) groups is 2. The zero-order chi connectivity index (χ0) is 11.9. The van der Waals surface area contributed by atoms with Crippen LogP contribution in [-0.2, 0) is 14.3 Å². The van der Waals surface area contributed by atoms with Crippen LogP contribution in [0.3, 0.4) is 0 Å². The molecule has 0 spiro atoms. The van der Waals surface area contributed by atoms with Gasteiger partial charge in [0, 0.05) is 12.2 Å².